The summed E-state index contributed by atoms with van der Waals surface area (Å²) < 4.78 is 0. The molecule has 86 valence electrons. The fourth-order valence-corrected chi connectivity index (χ4v) is 1.50. The van der Waals surface area contributed by atoms with Gasteiger partial charge in [0.25, 0.3) is 0 Å². The minimum atomic E-state index is 0.482. The minimum Gasteiger partial charge on any atom is -0.0649 e. The largest absolute Gasteiger partial charge is 0.0649 e. The molecule has 0 aromatic rings. The third-order valence-corrected chi connectivity index (χ3v) is 3.93. The van der Waals surface area contributed by atoms with E-state index in [4.69, 9.17) is 0 Å². The summed E-state index contributed by atoms with van der Waals surface area (Å²) in [5.41, 5.74) is 1.04. The predicted octanol–water partition coefficient (Wildman–Crippen LogP) is 5.28. The van der Waals surface area contributed by atoms with Gasteiger partial charge >= 0.3 is 0 Å². The second-order valence-corrected chi connectivity index (χ2v) is 6.68. The molecule has 0 amide bonds. The third kappa shape index (κ3) is 5.67. The lowest BCUT2D eigenvalue weighted by Crippen LogP contribution is -2.18. The monoisotopic (exact) mass is 198 g/mol. The molecular formula is C14H30. The molecule has 0 aliphatic heterocycles. The Bertz CT molecular complexity index is 148. The predicted molar refractivity (Wildman–Crippen MR) is 66.5 cm³/mol. The van der Waals surface area contributed by atoms with Gasteiger partial charge < -0.3 is 0 Å². The van der Waals surface area contributed by atoms with E-state index in [1.54, 1.807) is 0 Å². The summed E-state index contributed by atoms with van der Waals surface area (Å²) in [7, 11) is 0. The molecule has 0 rings (SSSR count). The van der Waals surface area contributed by atoms with E-state index in [9.17, 15) is 0 Å². The van der Waals surface area contributed by atoms with Crippen molar-refractivity contribution in [3.05, 3.63) is 0 Å². The van der Waals surface area contributed by atoms with Crippen molar-refractivity contribution in [2.45, 2.75) is 74.1 Å². The highest BCUT2D eigenvalue weighted by Gasteiger charge is 2.21. The molecule has 1 atom stereocenters. The van der Waals surface area contributed by atoms with Crippen LogP contribution in [0.4, 0.5) is 0 Å². The van der Waals surface area contributed by atoms with Crippen LogP contribution < -0.4 is 0 Å². The van der Waals surface area contributed by atoms with Crippen LogP contribution in [0.5, 0.6) is 0 Å². The lowest BCUT2D eigenvalue weighted by Gasteiger charge is -2.29. The maximum Gasteiger partial charge on any atom is -0.0357 e. The second kappa shape index (κ2) is 5.19. The highest BCUT2D eigenvalue weighted by Crippen LogP contribution is 2.33. The Morgan fingerprint density at radius 2 is 1.50 bits per heavy atom. The third-order valence-electron chi connectivity index (χ3n) is 3.93. The van der Waals surface area contributed by atoms with Gasteiger partial charge in [-0.3, -0.25) is 0 Å². The summed E-state index contributed by atoms with van der Waals surface area (Å²) in [6.45, 7) is 16.5. The summed E-state index contributed by atoms with van der Waals surface area (Å²) in [5.74, 6) is 0.843. The Labute approximate surface area is 91.5 Å². The molecule has 0 spiro atoms. The molecule has 0 aromatic carbocycles. The number of rotatable bonds is 5. The van der Waals surface area contributed by atoms with Crippen LogP contribution in [0.2, 0.25) is 0 Å². The van der Waals surface area contributed by atoms with Gasteiger partial charge in [-0.1, -0.05) is 67.7 Å². The molecule has 0 heterocycles. The molecule has 0 bridgehead atoms. The van der Waals surface area contributed by atoms with Gasteiger partial charge in [0.1, 0.15) is 0 Å². The first-order valence-corrected chi connectivity index (χ1v) is 6.19. The van der Waals surface area contributed by atoms with Crippen molar-refractivity contribution in [3.8, 4) is 0 Å². The van der Waals surface area contributed by atoms with Crippen LogP contribution in [0, 0.1) is 16.7 Å². The van der Waals surface area contributed by atoms with Gasteiger partial charge in [0.15, 0.2) is 0 Å². The van der Waals surface area contributed by atoms with E-state index in [-0.39, 0.29) is 0 Å². The normalized spacial score (nSPS) is 15.6. The second-order valence-electron chi connectivity index (χ2n) is 6.68. The molecule has 0 aromatic heterocycles. The lowest BCUT2D eigenvalue weighted by atomic mass is 9.77. The highest BCUT2D eigenvalue weighted by atomic mass is 14.3. The average molecular weight is 198 g/mol. The van der Waals surface area contributed by atoms with Crippen LogP contribution in [0.15, 0.2) is 0 Å². The first kappa shape index (κ1) is 14.0. The van der Waals surface area contributed by atoms with E-state index in [0.29, 0.717) is 10.8 Å². The van der Waals surface area contributed by atoms with E-state index < -0.39 is 0 Å². The van der Waals surface area contributed by atoms with Crippen molar-refractivity contribution in [1.29, 1.82) is 0 Å². The van der Waals surface area contributed by atoms with Crippen LogP contribution >= 0.6 is 0 Å². The molecule has 1 unspecified atom stereocenters. The van der Waals surface area contributed by atoms with Gasteiger partial charge in [0.05, 0.1) is 0 Å². The van der Waals surface area contributed by atoms with Gasteiger partial charge in [-0.15, -0.1) is 0 Å². The molecule has 0 N–H and O–H groups in total. The molecule has 0 nitrogen and oxygen atoms in total. The summed E-state index contributed by atoms with van der Waals surface area (Å²) in [6, 6.07) is 0. The molecule has 0 radical (unpaired) electrons. The smallest absolute Gasteiger partial charge is 0.0357 e. The van der Waals surface area contributed by atoms with Crippen LogP contribution in [-0.4, -0.2) is 0 Å². The van der Waals surface area contributed by atoms with E-state index in [1.807, 2.05) is 0 Å². The molecule has 0 saturated carbocycles. The Morgan fingerprint density at radius 3 is 1.86 bits per heavy atom. The fraction of sp³-hybridized carbons (Fsp3) is 1.00. The Kier molecular flexibility index (Phi) is 5.19. The van der Waals surface area contributed by atoms with Crippen molar-refractivity contribution < 1.29 is 0 Å². The first-order chi connectivity index (χ1) is 6.19. The molecule has 0 saturated heterocycles. The molecule has 0 fully saturated rings. The topological polar surface area (TPSA) is 0 Å². The van der Waals surface area contributed by atoms with Crippen molar-refractivity contribution in [3.63, 3.8) is 0 Å². The Morgan fingerprint density at radius 1 is 1.00 bits per heavy atom. The van der Waals surface area contributed by atoms with E-state index >= 15 is 0 Å². The average Bonchev–Trinajstić information content (AvgIpc) is 2.02. The quantitative estimate of drug-likeness (QED) is 0.564. The molecule has 0 aliphatic rings. The van der Waals surface area contributed by atoms with E-state index in [2.05, 4.69) is 48.5 Å². The highest BCUT2D eigenvalue weighted by molar-refractivity contribution is 4.72. The minimum absolute atomic E-state index is 0.482. The van der Waals surface area contributed by atoms with Crippen molar-refractivity contribution in [2.24, 2.45) is 16.7 Å². The number of hydrogen-bond acceptors (Lipinski definition) is 0. The molecular weight excluding hydrogens is 168 g/mol. The zero-order valence-electron chi connectivity index (χ0n) is 11.4. The van der Waals surface area contributed by atoms with Gasteiger partial charge in [-0.05, 0) is 23.2 Å². The van der Waals surface area contributed by atoms with Crippen LogP contribution in [0.3, 0.4) is 0 Å². The van der Waals surface area contributed by atoms with Crippen molar-refractivity contribution in [2.75, 3.05) is 0 Å². The zero-order valence-corrected chi connectivity index (χ0v) is 11.4. The van der Waals surface area contributed by atoms with Crippen molar-refractivity contribution >= 4 is 0 Å². The summed E-state index contributed by atoms with van der Waals surface area (Å²) in [4.78, 5) is 0. The Hall–Kier alpha value is 0. The summed E-state index contributed by atoms with van der Waals surface area (Å²) in [6.07, 6.45) is 5.45. The molecule has 0 aliphatic carbocycles. The lowest BCUT2D eigenvalue weighted by molar-refractivity contribution is 0.222. The van der Waals surface area contributed by atoms with Gasteiger partial charge in [0, 0.05) is 0 Å². The summed E-state index contributed by atoms with van der Waals surface area (Å²) in [5, 5.41) is 0. The standard InChI is InChI=1S/C14H30/c1-8-14(6,7)11-9-10-12(2)13(3,4)5/h12H,8-11H2,1-7H3. The zero-order chi connectivity index (χ0) is 11.4. The van der Waals surface area contributed by atoms with Crippen molar-refractivity contribution in [1.82, 2.24) is 0 Å². The fourth-order valence-electron chi connectivity index (χ4n) is 1.50. The van der Waals surface area contributed by atoms with Crippen LogP contribution in [0.1, 0.15) is 74.1 Å². The van der Waals surface area contributed by atoms with Gasteiger partial charge in [-0.2, -0.15) is 0 Å². The SMILES string of the molecule is CCC(C)(C)CCCC(C)C(C)(C)C. The van der Waals surface area contributed by atoms with Crippen LogP contribution in [-0.2, 0) is 0 Å². The van der Waals surface area contributed by atoms with Gasteiger partial charge in [-0.25, -0.2) is 0 Å². The van der Waals surface area contributed by atoms with E-state index in [1.165, 1.54) is 25.7 Å². The number of hydrogen-bond donors (Lipinski definition) is 0. The summed E-state index contributed by atoms with van der Waals surface area (Å²) >= 11 is 0. The van der Waals surface area contributed by atoms with E-state index in [0.717, 1.165) is 5.92 Å². The maximum absolute atomic E-state index is 2.39. The first-order valence-electron chi connectivity index (χ1n) is 6.19. The molecule has 14 heavy (non-hydrogen) atoms. The Balaban J connectivity index is 3.75. The maximum atomic E-state index is 2.39. The molecule has 0 heteroatoms. The van der Waals surface area contributed by atoms with Crippen LogP contribution in [0.25, 0.3) is 0 Å². The van der Waals surface area contributed by atoms with Gasteiger partial charge in [0.2, 0.25) is 0 Å².